The number of amides is 1. The topological polar surface area (TPSA) is 128 Å². The smallest absolute Gasteiger partial charge is 0.335 e. The molecule has 0 aromatic heterocycles. The van der Waals surface area contributed by atoms with Crippen molar-refractivity contribution in [3.8, 4) is 11.5 Å². The van der Waals surface area contributed by atoms with Crippen LogP contribution in [0, 0.1) is 10.1 Å². The molecule has 9 nitrogen and oxygen atoms in total. The lowest BCUT2D eigenvalue weighted by Crippen LogP contribution is -2.14. The van der Waals surface area contributed by atoms with Crippen LogP contribution in [0.4, 0.5) is 11.4 Å². The molecule has 2 rings (SSSR count). The number of nitro benzene ring substituents is 1. The van der Waals surface area contributed by atoms with Crippen molar-refractivity contribution in [1.82, 2.24) is 0 Å². The number of nitro groups is 1. The van der Waals surface area contributed by atoms with Crippen molar-refractivity contribution in [2.45, 2.75) is 0 Å². The van der Waals surface area contributed by atoms with Gasteiger partial charge in [0.1, 0.15) is 5.75 Å². The van der Waals surface area contributed by atoms with Crippen LogP contribution in [-0.2, 0) is 0 Å². The Kier molecular flexibility index (Phi) is 5.18. The lowest BCUT2D eigenvalue weighted by molar-refractivity contribution is -0.385. The SMILES string of the molecule is COc1ccc(C(=O)O)cc1NC(=O)c1ccc(OC)c([N+](=O)[O-])c1. The van der Waals surface area contributed by atoms with Crippen LogP contribution in [0.25, 0.3) is 0 Å². The summed E-state index contributed by atoms with van der Waals surface area (Å²) in [5, 5.41) is 22.6. The fraction of sp³-hybridized carbons (Fsp3) is 0.125. The fourth-order valence-corrected chi connectivity index (χ4v) is 2.11. The molecule has 2 aromatic carbocycles. The predicted octanol–water partition coefficient (Wildman–Crippen LogP) is 2.56. The minimum Gasteiger partial charge on any atom is -0.495 e. The van der Waals surface area contributed by atoms with Crippen molar-refractivity contribution < 1.29 is 29.1 Å². The molecule has 0 unspecified atom stereocenters. The van der Waals surface area contributed by atoms with Gasteiger partial charge in [-0.1, -0.05) is 0 Å². The Hall–Kier alpha value is -3.62. The molecule has 1 amide bonds. The van der Waals surface area contributed by atoms with Crippen LogP contribution < -0.4 is 14.8 Å². The average molecular weight is 346 g/mol. The second kappa shape index (κ2) is 7.30. The fourth-order valence-electron chi connectivity index (χ4n) is 2.11. The Morgan fingerprint density at radius 3 is 2.20 bits per heavy atom. The number of carboxylic acids is 1. The zero-order valence-electron chi connectivity index (χ0n) is 13.3. The Morgan fingerprint density at radius 2 is 1.64 bits per heavy atom. The van der Waals surface area contributed by atoms with Gasteiger partial charge in [0, 0.05) is 11.6 Å². The molecule has 2 N–H and O–H groups in total. The normalized spacial score (nSPS) is 10.0. The molecule has 0 aliphatic rings. The van der Waals surface area contributed by atoms with Crippen molar-refractivity contribution in [2.75, 3.05) is 19.5 Å². The Bertz CT molecular complexity index is 848. The number of nitrogens with one attached hydrogen (secondary N) is 1. The largest absolute Gasteiger partial charge is 0.495 e. The number of nitrogens with zero attached hydrogens (tertiary/aromatic N) is 1. The first-order valence-corrected chi connectivity index (χ1v) is 6.92. The molecule has 0 aliphatic heterocycles. The highest BCUT2D eigenvalue weighted by Gasteiger charge is 2.19. The van der Waals surface area contributed by atoms with Gasteiger partial charge in [0.15, 0.2) is 5.75 Å². The molecule has 0 saturated heterocycles. The standard InChI is InChI=1S/C16H14N2O7/c1-24-13-5-4-10(16(20)21)7-11(13)17-15(19)9-3-6-14(25-2)12(8-9)18(22)23/h3-8H,1-2H3,(H,17,19)(H,20,21). The van der Waals surface area contributed by atoms with E-state index < -0.39 is 16.8 Å². The maximum atomic E-state index is 12.4. The van der Waals surface area contributed by atoms with Gasteiger partial charge >= 0.3 is 11.7 Å². The van der Waals surface area contributed by atoms with E-state index in [1.807, 2.05) is 0 Å². The van der Waals surface area contributed by atoms with Gasteiger partial charge in [-0.2, -0.15) is 0 Å². The summed E-state index contributed by atoms with van der Waals surface area (Å²) in [5.74, 6) is -1.56. The number of ether oxygens (including phenoxy) is 2. The first kappa shape index (κ1) is 17.7. The molecule has 2 aromatic rings. The van der Waals surface area contributed by atoms with E-state index >= 15 is 0 Å². The second-order valence-corrected chi connectivity index (χ2v) is 4.82. The minimum atomic E-state index is -1.17. The highest BCUT2D eigenvalue weighted by molar-refractivity contribution is 6.06. The van der Waals surface area contributed by atoms with E-state index in [1.54, 1.807) is 0 Å². The summed E-state index contributed by atoms with van der Waals surface area (Å²) < 4.78 is 9.96. The third kappa shape index (κ3) is 3.83. The van der Waals surface area contributed by atoms with E-state index in [9.17, 15) is 19.7 Å². The van der Waals surface area contributed by atoms with Crippen LogP contribution in [0.3, 0.4) is 0 Å². The summed E-state index contributed by atoms with van der Waals surface area (Å²) in [6, 6.07) is 7.69. The first-order valence-electron chi connectivity index (χ1n) is 6.92. The van der Waals surface area contributed by atoms with Crippen molar-refractivity contribution in [1.29, 1.82) is 0 Å². The number of carboxylic acid groups (broad SMARTS) is 1. The van der Waals surface area contributed by atoms with E-state index in [0.717, 1.165) is 6.07 Å². The van der Waals surface area contributed by atoms with E-state index in [-0.39, 0.29) is 34.0 Å². The monoisotopic (exact) mass is 346 g/mol. The van der Waals surface area contributed by atoms with E-state index in [4.69, 9.17) is 14.6 Å². The van der Waals surface area contributed by atoms with E-state index in [0.29, 0.717) is 0 Å². The van der Waals surface area contributed by atoms with Gasteiger partial charge in [0.25, 0.3) is 5.91 Å². The summed E-state index contributed by atoms with van der Waals surface area (Å²) in [7, 11) is 2.65. The molecular weight excluding hydrogens is 332 g/mol. The van der Waals surface area contributed by atoms with Gasteiger partial charge in [0.2, 0.25) is 0 Å². The third-order valence-corrected chi connectivity index (χ3v) is 3.33. The molecule has 0 radical (unpaired) electrons. The Balaban J connectivity index is 2.37. The Labute approximate surface area is 141 Å². The molecule has 130 valence electrons. The number of anilines is 1. The minimum absolute atomic E-state index is 0.00952. The number of hydrogen-bond donors (Lipinski definition) is 2. The van der Waals surface area contributed by atoms with E-state index in [2.05, 4.69) is 5.32 Å². The summed E-state index contributed by atoms with van der Waals surface area (Å²) >= 11 is 0. The zero-order chi connectivity index (χ0) is 18.6. The van der Waals surface area contributed by atoms with E-state index in [1.165, 1.54) is 44.6 Å². The molecule has 0 fully saturated rings. The third-order valence-electron chi connectivity index (χ3n) is 3.33. The second-order valence-electron chi connectivity index (χ2n) is 4.82. The summed E-state index contributed by atoms with van der Waals surface area (Å²) in [6.07, 6.45) is 0. The van der Waals surface area contributed by atoms with Crippen molar-refractivity contribution in [3.63, 3.8) is 0 Å². The number of methoxy groups -OCH3 is 2. The average Bonchev–Trinajstić information content (AvgIpc) is 2.60. The molecule has 0 aliphatic carbocycles. The van der Waals surface area contributed by atoms with Crippen LogP contribution in [0.2, 0.25) is 0 Å². The summed E-state index contributed by atoms with van der Waals surface area (Å²) in [6.45, 7) is 0. The van der Waals surface area contributed by atoms with Gasteiger partial charge in [0.05, 0.1) is 30.4 Å². The molecule has 0 saturated carbocycles. The summed E-state index contributed by atoms with van der Waals surface area (Å²) in [4.78, 5) is 33.8. The molecule has 25 heavy (non-hydrogen) atoms. The molecule has 0 heterocycles. The van der Waals surface area contributed by atoms with Crippen LogP contribution in [0.15, 0.2) is 36.4 Å². The molecular formula is C16H14N2O7. The van der Waals surface area contributed by atoms with Gasteiger partial charge in [-0.25, -0.2) is 4.79 Å². The van der Waals surface area contributed by atoms with Crippen LogP contribution >= 0.6 is 0 Å². The quantitative estimate of drug-likeness (QED) is 0.607. The van der Waals surface area contributed by atoms with Crippen molar-refractivity contribution in [3.05, 3.63) is 57.6 Å². The first-order chi connectivity index (χ1) is 11.9. The number of aromatic carboxylic acids is 1. The van der Waals surface area contributed by atoms with Gasteiger partial charge < -0.3 is 19.9 Å². The van der Waals surface area contributed by atoms with Gasteiger partial charge in [-0.3, -0.25) is 14.9 Å². The van der Waals surface area contributed by atoms with Crippen LogP contribution in [-0.4, -0.2) is 36.1 Å². The maximum Gasteiger partial charge on any atom is 0.335 e. The number of carbonyl (C=O) groups is 2. The zero-order valence-corrected chi connectivity index (χ0v) is 13.3. The number of benzene rings is 2. The lowest BCUT2D eigenvalue weighted by atomic mass is 10.1. The maximum absolute atomic E-state index is 12.4. The number of carbonyl (C=O) groups excluding carboxylic acids is 1. The van der Waals surface area contributed by atoms with Gasteiger partial charge in [-0.05, 0) is 30.3 Å². The van der Waals surface area contributed by atoms with Crippen LogP contribution in [0.1, 0.15) is 20.7 Å². The highest BCUT2D eigenvalue weighted by Crippen LogP contribution is 2.29. The highest BCUT2D eigenvalue weighted by atomic mass is 16.6. The molecule has 0 spiro atoms. The lowest BCUT2D eigenvalue weighted by Gasteiger charge is -2.11. The van der Waals surface area contributed by atoms with Crippen molar-refractivity contribution in [2.24, 2.45) is 0 Å². The van der Waals surface area contributed by atoms with Gasteiger partial charge in [-0.15, -0.1) is 0 Å². The number of rotatable bonds is 6. The van der Waals surface area contributed by atoms with Crippen LogP contribution in [0.5, 0.6) is 11.5 Å². The molecule has 0 bridgehead atoms. The van der Waals surface area contributed by atoms with Crippen molar-refractivity contribution >= 4 is 23.3 Å². The Morgan fingerprint density at radius 1 is 1.04 bits per heavy atom. The summed E-state index contributed by atoms with van der Waals surface area (Å²) in [5.41, 5.74) is -0.264. The number of hydrogen-bond acceptors (Lipinski definition) is 6. The molecule has 9 heteroatoms. The molecule has 0 atom stereocenters. The predicted molar refractivity (Wildman–Crippen MR) is 87.6 cm³/mol.